The van der Waals surface area contributed by atoms with Crippen molar-refractivity contribution in [3.05, 3.63) is 68.4 Å². The maximum atomic E-state index is 13.6. The molecule has 1 N–H and O–H groups in total. The van der Waals surface area contributed by atoms with E-state index in [1.54, 1.807) is 56.0 Å². The smallest absolute Gasteiger partial charge is 0.332 e. The minimum Gasteiger partial charge on any atom is -0.493 e. The van der Waals surface area contributed by atoms with Crippen LogP contribution in [0.5, 0.6) is 11.5 Å². The minimum atomic E-state index is -0.721. The number of hydrogen-bond acceptors (Lipinski definition) is 6. The van der Waals surface area contributed by atoms with Gasteiger partial charge >= 0.3 is 5.69 Å². The van der Waals surface area contributed by atoms with E-state index in [4.69, 9.17) is 14.2 Å². The predicted molar refractivity (Wildman–Crippen MR) is 121 cm³/mol. The van der Waals surface area contributed by atoms with Crippen LogP contribution < -0.4 is 20.7 Å². The minimum absolute atomic E-state index is 0.0617. The SMILES string of the molecule is COc1ccc(Cn2c(=O)c3cc(C(C)O)ccc3n(C3CCOCC3)c2=O)cc1OC. The van der Waals surface area contributed by atoms with Crippen molar-refractivity contribution in [3.63, 3.8) is 0 Å². The summed E-state index contributed by atoms with van der Waals surface area (Å²) in [5, 5.41) is 10.5. The molecule has 1 fully saturated rings. The summed E-state index contributed by atoms with van der Waals surface area (Å²) in [6.07, 6.45) is 0.672. The van der Waals surface area contributed by atoms with Gasteiger partial charge in [0.2, 0.25) is 0 Å². The van der Waals surface area contributed by atoms with Crippen LogP contribution in [0.1, 0.15) is 43.0 Å². The monoisotopic (exact) mass is 440 g/mol. The lowest BCUT2D eigenvalue weighted by Crippen LogP contribution is -2.42. The van der Waals surface area contributed by atoms with Crippen LogP contribution in [0.2, 0.25) is 0 Å². The highest BCUT2D eigenvalue weighted by Crippen LogP contribution is 2.28. The third-order valence-corrected chi connectivity index (χ3v) is 6.02. The van der Waals surface area contributed by atoms with E-state index >= 15 is 0 Å². The quantitative estimate of drug-likeness (QED) is 0.634. The lowest BCUT2D eigenvalue weighted by Gasteiger charge is -2.26. The first-order chi connectivity index (χ1) is 15.4. The predicted octanol–water partition coefficient (Wildman–Crippen LogP) is 2.63. The molecule has 2 heterocycles. The highest BCUT2D eigenvalue weighted by molar-refractivity contribution is 5.79. The highest BCUT2D eigenvalue weighted by atomic mass is 16.5. The van der Waals surface area contributed by atoms with Gasteiger partial charge < -0.3 is 19.3 Å². The maximum absolute atomic E-state index is 13.6. The molecule has 0 radical (unpaired) electrons. The van der Waals surface area contributed by atoms with Crippen LogP contribution in [0.15, 0.2) is 46.0 Å². The number of benzene rings is 2. The van der Waals surface area contributed by atoms with Crippen LogP contribution in [-0.4, -0.2) is 41.7 Å². The Labute approximate surface area is 185 Å². The first-order valence-corrected chi connectivity index (χ1v) is 10.7. The van der Waals surface area contributed by atoms with Crippen LogP contribution in [0.4, 0.5) is 0 Å². The Kier molecular flexibility index (Phi) is 6.34. The second kappa shape index (κ2) is 9.18. The van der Waals surface area contributed by atoms with E-state index in [0.717, 1.165) is 5.56 Å². The van der Waals surface area contributed by atoms with E-state index < -0.39 is 6.10 Å². The zero-order chi connectivity index (χ0) is 22.8. The van der Waals surface area contributed by atoms with E-state index in [9.17, 15) is 14.7 Å². The molecule has 1 aliphatic rings. The van der Waals surface area contributed by atoms with Gasteiger partial charge in [-0.05, 0) is 55.2 Å². The normalized spacial score (nSPS) is 15.6. The topological polar surface area (TPSA) is 91.9 Å². The summed E-state index contributed by atoms with van der Waals surface area (Å²) < 4.78 is 19.1. The number of hydrogen-bond donors (Lipinski definition) is 1. The van der Waals surface area contributed by atoms with E-state index in [1.807, 2.05) is 6.07 Å². The highest BCUT2D eigenvalue weighted by Gasteiger charge is 2.23. The fraction of sp³-hybridized carbons (Fsp3) is 0.417. The summed E-state index contributed by atoms with van der Waals surface area (Å²) in [5.41, 5.74) is 1.22. The first-order valence-electron chi connectivity index (χ1n) is 10.7. The second-order valence-corrected chi connectivity index (χ2v) is 8.03. The fourth-order valence-electron chi connectivity index (χ4n) is 4.26. The van der Waals surface area contributed by atoms with Gasteiger partial charge in [0.15, 0.2) is 11.5 Å². The molecule has 1 unspecified atom stereocenters. The zero-order valence-electron chi connectivity index (χ0n) is 18.5. The number of aromatic nitrogens is 2. The van der Waals surface area contributed by atoms with Crippen molar-refractivity contribution in [2.24, 2.45) is 0 Å². The summed E-state index contributed by atoms with van der Waals surface area (Å²) in [5.74, 6) is 1.10. The van der Waals surface area contributed by atoms with Crippen molar-refractivity contribution >= 4 is 10.9 Å². The molecule has 8 nitrogen and oxygen atoms in total. The standard InChI is InChI=1S/C24H28N2O6/c1-15(27)17-5-6-20-19(13-17)23(28)25(24(29)26(20)18-8-10-32-11-9-18)14-16-4-7-21(30-2)22(12-16)31-3/h4-7,12-13,15,18,27H,8-11,14H2,1-3H3. The van der Waals surface area contributed by atoms with Crippen molar-refractivity contribution in [2.75, 3.05) is 27.4 Å². The second-order valence-electron chi connectivity index (χ2n) is 8.03. The van der Waals surface area contributed by atoms with Gasteiger partial charge in [-0.2, -0.15) is 0 Å². The molecular weight excluding hydrogens is 412 g/mol. The Morgan fingerprint density at radius 3 is 2.44 bits per heavy atom. The number of methoxy groups -OCH3 is 2. The van der Waals surface area contributed by atoms with E-state index in [0.29, 0.717) is 54.0 Å². The number of ether oxygens (including phenoxy) is 3. The van der Waals surface area contributed by atoms with E-state index in [2.05, 4.69) is 0 Å². The summed E-state index contributed by atoms with van der Waals surface area (Å²) >= 11 is 0. The van der Waals surface area contributed by atoms with Crippen molar-refractivity contribution in [1.29, 1.82) is 0 Å². The molecule has 4 rings (SSSR count). The lowest BCUT2D eigenvalue weighted by atomic mass is 10.0. The molecule has 170 valence electrons. The summed E-state index contributed by atoms with van der Waals surface area (Å²) in [6.45, 7) is 2.88. The third kappa shape index (κ3) is 4.03. The molecule has 0 amide bonds. The molecule has 2 aromatic carbocycles. The number of fused-ring (bicyclic) bond motifs is 1. The van der Waals surface area contributed by atoms with Gasteiger partial charge in [-0.1, -0.05) is 12.1 Å². The Morgan fingerprint density at radius 1 is 1.06 bits per heavy atom. The van der Waals surface area contributed by atoms with Crippen LogP contribution in [0, 0.1) is 0 Å². The molecule has 1 atom stereocenters. The molecule has 0 aliphatic carbocycles. The van der Waals surface area contributed by atoms with Gasteiger partial charge in [0, 0.05) is 19.3 Å². The average Bonchev–Trinajstić information content (AvgIpc) is 2.82. The number of nitrogens with zero attached hydrogens (tertiary/aromatic N) is 2. The number of rotatable bonds is 6. The molecular formula is C24H28N2O6. The maximum Gasteiger partial charge on any atom is 0.332 e. The van der Waals surface area contributed by atoms with Gasteiger partial charge in [0.1, 0.15) is 0 Å². The number of aliphatic hydroxyl groups is 1. The van der Waals surface area contributed by atoms with Crippen molar-refractivity contribution in [1.82, 2.24) is 9.13 Å². The molecule has 0 spiro atoms. The first kappa shape index (κ1) is 22.1. The third-order valence-electron chi connectivity index (χ3n) is 6.02. The Balaban J connectivity index is 1.91. The summed E-state index contributed by atoms with van der Waals surface area (Å²) in [6, 6.07) is 10.5. The Hall–Kier alpha value is -3.10. The Bertz CT molecular complexity index is 1240. The van der Waals surface area contributed by atoms with Gasteiger partial charge in [0.25, 0.3) is 5.56 Å². The van der Waals surface area contributed by atoms with Crippen LogP contribution in [-0.2, 0) is 11.3 Å². The molecule has 3 aromatic rings. The fourth-order valence-corrected chi connectivity index (χ4v) is 4.26. The van der Waals surface area contributed by atoms with Crippen LogP contribution in [0.25, 0.3) is 10.9 Å². The molecule has 1 aliphatic heterocycles. The van der Waals surface area contributed by atoms with Crippen molar-refractivity contribution in [3.8, 4) is 11.5 Å². The van der Waals surface area contributed by atoms with E-state index in [-0.39, 0.29) is 23.8 Å². The molecule has 32 heavy (non-hydrogen) atoms. The number of aliphatic hydroxyl groups excluding tert-OH is 1. The lowest BCUT2D eigenvalue weighted by molar-refractivity contribution is 0.0691. The molecule has 8 heteroatoms. The van der Waals surface area contributed by atoms with Gasteiger partial charge in [-0.3, -0.25) is 13.9 Å². The molecule has 1 saturated heterocycles. The van der Waals surface area contributed by atoms with E-state index in [1.165, 1.54) is 4.57 Å². The van der Waals surface area contributed by atoms with Crippen molar-refractivity contribution < 1.29 is 19.3 Å². The van der Waals surface area contributed by atoms with Crippen LogP contribution in [0.3, 0.4) is 0 Å². The van der Waals surface area contributed by atoms with Gasteiger partial charge in [-0.25, -0.2) is 4.79 Å². The van der Waals surface area contributed by atoms with Crippen molar-refractivity contribution in [2.45, 2.75) is 38.5 Å². The van der Waals surface area contributed by atoms with Gasteiger partial charge in [-0.15, -0.1) is 0 Å². The summed E-state index contributed by atoms with van der Waals surface area (Å²) in [4.78, 5) is 27.0. The Morgan fingerprint density at radius 2 is 1.78 bits per heavy atom. The van der Waals surface area contributed by atoms with Crippen LogP contribution >= 0.6 is 0 Å². The molecule has 0 bridgehead atoms. The summed E-state index contributed by atoms with van der Waals surface area (Å²) in [7, 11) is 3.09. The zero-order valence-corrected chi connectivity index (χ0v) is 18.5. The molecule has 1 aromatic heterocycles. The van der Waals surface area contributed by atoms with Gasteiger partial charge in [0.05, 0.1) is 37.8 Å². The largest absolute Gasteiger partial charge is 0.493 e. The molecule has 0 saturated carbocycles. The average molecular weight is 440 g/mol.